The molecule has 1 aliphatic rings. The van der Waals surface area contributed by atoms with E-state index in [2.05, 4.69) is 18.2 Å². The van der Waals surface area contributed by atoms with Crippen molar-refractivity contribution in [3.8, 4) is 0 Å². The quantitative estimate of drug-likeness (QED) is 0.637. The Morgan fingerprint density at radius 2 is 1.92 bits per heavy atom. The van der Waals surface area contributed by atoms with E-state index >= 15 is 0 Å². The highest BCUT2D eigenvalue weighted by Gasteiger charge is 2.21. The molecule has 1 amide bonds. The molecule has 0 saturated carbocycles. The maximum Gasteiger partial charge on any atom is 0.272 e. The fourth-order valence-corrected chi connectivity index (χ4v) is 2.94. The molecule has 0 bridgehead atoms. The van der Waals surface area contributed by atoms with Crippen molar-refractivity contribution in [2.24, 2.45) is 0 Å². The third-order valence-electron chi connectivity index (χ3n) is 4.28. The van der Waals surface area contributed by atoms with Crippen LogP contribution in [0.25, 0.3) is 5.57 Å². The molecule has 1 heterocycles. The molecule has 24 heavy (non-hydrogen) atoms. The largest absolute Gasteiger partial charge is 0.335 e. The molecule has 2 aromatic carbocycles. The highest BCUT2D eigenvalue weighted by Crippen LogP contribution is 2.24. The molecule has 0 fully saturated rings. The standard InChI is InChI=1S/C19H18N2O3/c1-14-13-17(7-8-18(14)21(23)24)19(22)20-11-9-16(10-12-20)15-5-3-2-4-6-15/h2-9,13H,10-12H2,1H3. The first-order valence-corrected chi connectivity index (χ1v) is 7.85. The van der Waals surface area contributed by atoms with Gasteiger partial charge in [-0.3, -0.25) is 14.9 Å². The second-order valence-electron chi connectivity index (χ2n) is 5.85. The minimum Gasteiger partial charge on any atom is -0.335 e. The Kier molecular flexibility index (Phi) is 4.42. The van der Waals surface area contributed by atoms with Gasteiger partial charge in [0.2, 0.25) is 0 Å². The first kappa shape index (κ1) is 15.9. The van der Waals surface area contributed by atoms with E-state index in [1.807, 2.05) is 18.2 Å². The number of carbonyl (C=O) groups is 1. The summed E-state index contributed by atoms with van der Waals surface area (Å²) in [6.07, 6.45) is 2.89. The Balaban J connectivity index is 1.75. The Labute approximate surface area is 140 Å². The first-order chi connectivity index (χ1) is 11.6. The molecule has 3 rings (SSSR count). The van der Waals surface area contributed by atoms with Gasteiger partial charge in [-0.25, -0.2) is 0 Å². The van der Waals surface area contributed by atoms with Gasteiger partial charge >= 0.3 is 0 Å². The molecule has 0 N–H and O–H groups in total. The Hall–Kier alpha value is -2.95. The van der Waals surface area contributed by atoms with Crippen molar-refractivity contribution < 1.29 is 9.72 Å². The van der Waals surface area contributed by atoms with Gasteiger partial charge in [0.15, 0.2) is 0 Å². The number of amides is 1. The number of rotatable bonds is 3. The van der Waals surface area contributed by atoms with Crippen molar-refractivity contribution >= 4 is 17.2 Å². The van der Waals surface area contributed by atoms with Crippen molar-refractivity contribution in [1.82, 2.24) is 4.90 Å². The van der Waals surface area contributed by atoms with Gasteiger partial charge in [0.25, 0.3) is 11.6 Å². The lowest BCUT2D eigenvalue weighted by Gasteiger charge is -2.27. The molecule has 0 aliphatic carbocycles. The summed E-state index contributed by atoms with van der Waals surface area (Å²) >= 11 is 0. The summed E-state index contributed by atoms with van der Waals surface area (Å²) in [7, 11) is 0. The molecule has 1 aliphatic heterocycles. The van der Waals surface area contributed by atoms with Crippen LogP contribution in [0, 0.1) is 17.0 Å². The van der Waals surface area contributed by atoms with Gasteiger partial charge in [-0.2, -0.15) is 0 Å². The summed E-state index contributed by atoms with van der Waals surface area (Å²) in [6, 6.07) is 14.7. The number of benzene rings is 2. The van der Waals surface area contributed by atoms with Crippen LogP contribution in [0.5, 0.6) is 0 Å². The average Bonchev–Trinajstić information content (AvgIpc) is 2.61. The lowest BCUT2D eigenvalue weighted by atomic mass is 9.99. The van der Waals surface area contributed by atoms with Crippen molar-refractivity contribution in [2.75, 3.05) is 13.1 Å². The van der Waals surface area contributed by atoms with E-state index in [9.17, 15) is 14.9 Å². The van der Waals surface area contributed by atoms with E-state index in [-0.39, 0.29) is 11.6 Å². The first-order valence-electron chi connectivity index (χ1n) is 7.85. The number of nitro groups is 1. The van der Waals surface area contributed by atoms with Crippen LogP contribution in [0.15, 0.2) is 54.6 Å². The fraction of sp³-hybridized carbons (Fsp3) is 0.211. The normalized spacial score (nSPS) is 14.2. The zero-order chi connectivity index (χ0) is 17.1. The highest BCUT2D eigenvalue weighted by molar-refractivity contribution is 5.95. The fourth-order valence-electron chi connectivity index (χ4n) is 2.94. The van der Waals surface area contributed by atoms with Gasteiger partial charge in [-0.1, -0.05) is 36.4 Å². The smallest absolute Gasteiger partial charge is 0.272 e. The molecule has 0 spiro atoms. The van der Waals surface area contributed by atoms with Crippen molar-refractivity contribution in [3.05, 3.63) is 81.4 Å². The zero-order valence-corrected chi connectivity index (χ0v) is 13.4. The molecule has 2 aromatic rings. The lowest BCUT2D eigenvalue weighted by Crippen LogP contribution is -2.34. The summed E-state index contributed by atoms with van der Waals surface area (Å²) in [5.41, 5.74) is 3.48. The van der Waals surface area contributed by atoms with Gasteiger partial charge in [-0.05, 0) is 36.6 Å². The molecule has 0 aromatic heterocycles. The van der Waals surface area contributed by atoms with E-state index in [1.54, 1.807) is 17.9 Å². The minimum absolute atomic E-state index is 0.0384. The molecule has 0 unspecified atom stereocenters. The monoisotopic (exact) mass is 322 g/mol. The molecule has 5 nitrogen and oxygen atoms in total. The summed E-state index contributed by atoms with van der Waals surface area (Å²) in [5, 5.41) is 10.9. The van der Waals surface area contributed by atoms with Gasteiger partial charge in [0.05, 0.1) is 4.92 Å². The predicted molar refractivity (Wildman–Crippen MR) is 92.8 cm³/mol. The summed E-state index contributed by atoms with van der Waals surface area (Å²) in [6.45, 7) is 2.85. The van der Waals surface area contributed by atoms with Crippen LogP contribution in [0.2, 0.25) is 0 Å². The average molecular weight is 322 g/mol. The maximum absolute atomic E-state index is 12.6. The maximum atomic E-state index is 12.6. The summed E-state index contributed by atoms with van der Waals surface area (Å²) in [4.78, 5) is 24.8. The van der Waals surface area contributed by atoms with E-state index in [0.29, 0.717) is 24.2 Å². The van der Waals surface area contributed by atoms with E-state index in [1.165, 1.54) is 23.3 Å². The number of hydrogen-bond acceptors (Lipinski definition) is 3. The number of hydrogen-bond donors (Lipinski definition) is 0. The Morgan fingerprint density at radius 3 is 2.50 bits per heavy atom. The predicted octanol–water partition coefficient (Wildman–Crippen LogP) is 3.83. The molecular formula is C19H18N2O3. The van der Waals surface area contributed by atoms with E-state index < -0.39 is 4.92 Å². The van der Waals surface area contributed by atoms with Gasteiger partial charge < -0.3 is 4.90 Å². The number of aryl methyl sites for hydroxylation is 1. The van der Waals surface area contributed by atoms with Crippen LogP contribution in [0.3, 0.4) is 0 Å². The van der Waals surface area contributed by atoms with Crippen LogP contribution in [0.4, 0.5) is 5.69 Å². The SMILES string of the molecule is Cc1cc(C(=O)N2CC=C(c3ccccc3)CC2)ccc1[N+](=O)[O-]. The van der Waals surface area contributed by atoms with Crippen molar-refractivity contribution in [1.29, 1.82) is 0 Å². The Bertz CT molecular complexity index is 813. The topological polar surface area (TPSA) is 63.5 Å². The van der Waals surface area contributed by atoms with Crippen LogP contribution in [-0.4, -0.2) is 28.8 Å². The number of nitrogens with zero attached hydrogens (tertiary/aromatic N) is 2. The molecule has 5 heteroatoms. The van der Waals surface area contributed by atoms with Gasteiger partial charge in [0.1, 0.15) is 0 Å². The highest BCUT2D eigenvalue weighted by atomic mass is 16.6. The third kappa shape index (κ3) is 3.20. The van der Waals surface area contributed by atoms with Crippen LogP contribution < -0.4 is 0 Å². The second kappa shape index (κ2) is 6.66. The van der Waals surface area contributed by atoms with Crippen LogP contribution in [0.1, 0.15) is 27.9 Å². The lowest BCUT2D eigenvalue weighted by molar-refractivity contribution is -0.385. The molecular weight excluding hydrogens is 304 g/mol. The molecule has 0 atom stereocenters. The molecule has 0 saturated heterocycles. The Morgan fingerprint density at radius 1 is 1.17 bits per heavy atom. The molecule has 122 valence electrons. The van der Waals surface area contributed by atoms with Gasteiger partial charge in [0, 0.05) is 30.3 Å². The zero-order valence-electron chi connectivity index (χ0n) is 13.4. The van der Waals surface area contributed by atoms with Crippen molar-refractivity contribution in [2.45, 2.75) is 13.3 Å². The van der Waals surface area contributed by atoms with E-state index in [4.69, 9.17) is 0 Å². The third-order valence-corrected chi connectivity index (χ3v) is 4.28. The van der Waals surface area contributed by atoms with E-state index in [0.717, 1.165) is 6.42 Å². The van der Waals surface area contributed by atoms with Crippen LogP contribution >= 0.6 is 0 Å². The minimum atomic E-state index is -0.431. The van der Waals surface area contributed by atoms with Gasteiger partial charge in [-0.15, -0.1) is 0 Å². The van der Waals surface area contributed by atoms with Crippen LogP contribution in [-0.2, 0) is 0 Å². The summed E-state index contributed by atoms with van der Waals surface area (Å²) < 4.78 is 0. The number of carbonyl (C=O) groups excluding carboxylic acids is 1. The second-order valence-corrected chi connectivity index (χ2v) is 5.85. The molecule has 0 radical (unpaired) electrons. The number of nitro benzene ring substituents is 1. The van der Waals surface area contributed by atoms with Crippen molar-refractivity contribution in [3.63, 3.8) is 0 Å². The summed E-state index contributed by atoms with van der Waals surface area (Å²) in [5.74, 6) is -0.0867.